The highest BCUT2D eigenvalue weighted by Gasteiger charge is 2.13. The summed E-state index contributed by atoms with van der Waals surface area (Å²) in [6, 6.07) is 17.5. The molecule has 2 nitrogen and oxygen atoms in total. The Morgan fingerprint density at radius 1 is 0.895 bits per heavy atom. The summed E-state index contributed by atoms with van der Waals surface area (Å²) in [4.78, 5) is 3.43. The van der Waals surface area contributed by atoms with E-state index in [2.05, 4.69) is 72.1 Å². The number of imidazole rings is 1. The second kappa shape index (κ2) is 3.58. The standard InChI is InChI=1S/C17H14N2/c1-11-18-16-9-13-8-7-12-5-3-4-6-14(12)15(13)10-17(16)19(11)2/h3-10H,1-2H3/p+1. The molecule has 4 aromatic rings. The van der Waals surface area contributed by atoms with Crippen LogP contribution in [-0.2, 0) is 7.05 Å². The number of aryl methyl sites for hydroxylation is 2. The molecule has 19 heavy (non-hydrogen) atoms. The number of hydrogen-bond acceptors (Lipinski definition) is 0. The summed E-state index contributed by atoms with van der Waals surface area (Å²) in [6.45, 7) is 2.10. The van der Waals surface area contributed by atoms with Gasteiger partial charge in [0.15, 0.2) is 11.0 Å². The van der Waals surface area contributed by atoms with Crippen LogP contribution in [0.2, 0.25) is 0 Å². The molecule has 0 amide bonds. The van der Waals surface area contributed by atoms with Crippen LogP contribution in [0.5, 0.6) is 0 Å². The molecule has 1 heterocycles. The van der Waals surface area contributed by atoms with Crippen molar-refractivity contribution in [3.05, 3.63) is 54.4 Å². The summed E-state index contributed by atoms with van der Waals surface area (Å²) in [7, 11) is 2.10. The van der Waals surface area contributed by atoms with E-state index in [1.165, 1.54) is 38.4 Å². The highest BCUT2D eigenvalue weighted by atomic mass is 15.0. The minimum atomic E-state index is 1.18. The minimum Gasteiger partial charge on any atom is -0.241 e. The van der Waals surface area contributed by atoms with Gasteiger partial charge in [0.1, 0.15) is 0 Å². The van der Waals surface area contributed by atoms with Gasteiger partial charge in [-0.05, 0) is 33.7 Å². The average molecular weight is 247 g/mol. The van der Waals surface area contributed by atoms with Gasteiger partial charge < -0.3 is 0 Å². The first-order chi connectivity index (χ1) is 9.24. The third-order valence-electron chi connectivity index (χ3n) is 4.04. The third kappa shape index (κ3) is 1.40. The first-order valence-corrected chi connectivity index (χ1v) is 6.54. The minimum absolute atomic E-state index is 1.18. The molecule has 0 atom stereocenters. The summed E-state index contributed by atoms with van der Waals surface area (Å²) in [5.41, 5.74) is 2.45. The average Bonchev–Trinajstić information content (AvgIpc) is 2.72. The van der Waals surface area contributed by atoms with Crippen molar-refractivity contribution in [2.45, 2.75) is 6.92 Å². The van der Waals surface area contributed by atoms with Gasteiger partial charge in [-0.15, -0.1) is 0 Å². The van der Waals surface area contributed by atoms with Crippen LogP contribution < -0.4 is 4.57 Å². The zero-order valence-electron chi connectivity index (χ0n) is 11.1. The van der Waals surface area contributed by atoms with E-state index in [-0.39, 0.29) is 0 Å². The molecular weight excluding hydrogens is 232 g/mol. The van der Waals surface area contributed by atoms with Gasteiger partial charge in [0.2, 0.25) is 0 Å². The molecule has 0 aliphatic heterocycles. The predicted octanol–water partition coefficient (Wildman–Crippen LogP) is 3.61. The van der Waals surface area contributed by atoms with Crippen LogP contribution in [-0.4, -0.2) is 4.98 Å². The van der Waals surface area contributed by atoms with E-state index in [0.717, 1.165) is 0 Å². The molecule has 1 aromatic heterocycles. The molecule has 0 unspecified atom stereocenters. The molecule has 0 bridgehead atoms. The second-order valence-corrected chi connectivity index (χ2v) is 5.15. The van der Waals surface area contributed by atoms with Crippen LogP contribution in [0.4, 0.5) is 0 Å². The predicted molar refractivity (Wildman–Crippen MR) is 79.2 cm³/mol. The van der Waals surface area contributed by atoms with Crippen molar-refractivity contribution in [3.63, 3.8) is 0 Å². The second-order valence-electron chi connectivity index (χ2n) is 5.15. The van der Waals surface area contributed by atoms with E-state index in [1.807, 2.05) is 0 Å². The Kier molecular flexibility index (Phi) is 1.99. The third-order valence-corrected chi connectivity index (χ3v) is 4.04. The SMILES string of the molecule is Cc1[nH]c2cc3ccc4ccccc4c3cc2[n+]1C. The lowest BCUT2D eigenvalue weighted by atomic mass is 10.0. The van der Waals surface area contributed by atoms with E-state index in [1.54, 1.807) is 0 Å². The van der Waals surface area contributed by atoms with Gasteiger partial charge in [0.25, 0.3) is 5.82 Å². The Labute approximate surface area is 111 Å². The number of benzene rings is 3. The van der Waals surface area contributed by atoms with E-state index in [4.69, 9.17) is 0 Å². The van der Waals surface area contributed by atoms with Crippen LogP contribution in [0.1, 0.15) is 5.82 Å². The zero-order valence-corrected chi connectivity index (χ0v) is 11.1. The summed E-state index contributed by atoms with van der Waals surface area (Å²) < 4.78 is 2.20. The highest BCUT2D eigenvalue weighted by molar-refractivity contribution is 6.10. The number of nitrogens with zero attached hydrogens (tertiary/aromatic N) is 1. The monoisotopic (exact) mass is 247 g/mol. The lowest BCUT2D eigenvalue weighted by Crippen LogP contribution is -2.29. The van der Waals surface area contributed by atoms with Crippen molar-refractivity contribution in [2.75, 3.05) is 0 Å². The number of fused-ring (bicyclic) bond motifs is 4. The van der Waals surface area contributed by atoms with Crippen molar-refractivity contribution < 1.29 is 4.57 Å². The van der Waals surface area contributed by atoms with E-state index < -0.39 is 0 Å². The van der Waals surface area contributed by atoms with Crippen LogP contribution in [0.15, 0.2) is 48.5 Å². The Bertz CT molecular complexity index is 932. The summed E-state index contributed by atoms with van der Waals surface area (Å²) in [6.07, 6.45) is 0. The Morgan fingerprint density at radius 2 is 1.68 bits per heavy atom. The van der Waals surface area contributed by atoms with Crippen LogP contribution in [0.3, 0.4) is 0 Å². The maximum Gasteiger partial charge on any atom is 0.251 e. The molecule has 0 aliphatic rings. The number of rotatable bonds is 0. The normalized spacial score (nSPS) is 11.7. The van der Waals surface area contributed by atoms with Gasteiger partial charge in [-0.25, -0.2) is 9.55 Å². The smallest absolute Gasteiger partial charge is 0.241 e. The summed E-state index contributed by atoms with van der Waals surface area (Å²) in [5, 5.41) is 5.22. The molecule has 3 aromatic carbocycles. The van der Waals surface area contributed by atoms with Crippen LogP contribution in [0.25, 0.3) is 32.6 Å². The molecule has 0 radical (unpaired) electrons. The van der Waals surface area contributed by atoms with Gasteiger partial charge in [0.05, 0.1) is 7.05 Å². The molecule has 1 N–H and O–H groups in total. The van der Waals surface area contributed by atoms with Gasteiger partial charge in [-0.2, -0.15) is 0 Å². The largest absolute Gasteiger partial charge is 0.251 e. The molecule has 0 aliphatic carbocycles. The molecule has 0 fully saturated rings. The van der Waals surface area contributed by atoms with Gasteiger partial charge in [-0.3, -0.25) is 0 Å². The fourth-order valence-electron chi connectivity index (χ4n) is 2.88. The highest BCUT2D eigenvalue weighted by Crippen LogP contribution is 2.27. The molecule has 92 valence electrons. The van der Waals surface area contributed by atoms with Crippen molar-refractivity contribution >= 4 is 32.6 Å². The van der Waals surface area contributed by atoms with Gasteiger partial charge in [-0.1, -0.05) is 36.4 Å². The lowest BCUT2D eigenvalue weighted by molar-refractivity contribution is -0.651. The lowest BCUT2D eigenvalue weighted by Gasteiger charge is -2.03. The van der Waals surface area contributed by atoms with E-state index in [0.29, 0.717) is 0 Å². The Hall–Kier alpha value is -2.35. The first kappa shape index (κ1) is 10.6. The molecule has 2 heteroatoms. The maximum atomic E-state index is 3.43. The number of H-pyrrole nitrogens is 1. The zero-order chi connectivity index (χ0) is 13.0. The Balaban J connectivity index is 2.27. The molecule has 0 spiro atoms. The number of aromatic nitrogens is 2. The maximum absolute atomic E-state index is 3.43. The van der Waals surface area contributed by atoms with Gasteiger partial charge >= 0.3 is 0 Å². The first-order valence-electron chi connectivity index (χ1n) is 6.54. The van der Waals surface area contributed by atoms with Crippen LogP contribution >= 0.6 is 0 Å². The summed E-state index contributed by atoms with van der Waals surface area (Å²) in [5.74, 6) is 1.18. The van der Waals surface area contributed by atoms with E-state index in [9.17, 15) is 0 Å². The molecular formula is C17H15N2+. The molecule has 0 saturated carbocycles. The summed E-state index contributed by atoms with van der Waals surface area (Å²) >= 11 is 0. The van der Waals surface area contributed by atoms with E-state index >= 15 is 0 Å². The van der Waals surface area contributed by atoms with Crippen molar-refractivity contribution in [3.8, 4) is 0 Å². The van der Waals surface area contributed by atoms with Crippen molar-refractivity contribution in [2.24, 2.45) is 7.05 Å². The fraction of sp³-hybridized carbons (Fsp3) is 0.118. The quantitative estimate of drug-likeness (QED) is 0.362. The molecule has 4 rings (SSSR count). The Morgan fingerprint density at radius 3 is 2.58 bits per heavy atom. The number of hydrogen-bond donors (Lipinski definition) is 1. The van der Waals surface area contributed by atoms with Crippen molar-refractivity contribution in [1.82, 2.24) is 4.98 Å². The molecule has 0 saturated heterocycles. The topological polar surface area (TPSA) is 19.7 Å². The fourth-order valence-corrected chi connectivity index (χ4v) is 2.88. The van der Waals surface area contributed by atoms with Gasteiger partial charge in [0, 0.05) is 6.92 Å². The number of nitrogens with one attached hydrogen (secondary N) is 1. The number of aromatic amines is 1. The van der Waals surface area contributed by atoms with Crippen molar-refractivity contribution in [1.29, 1.82) is 0 Å². The van der Waals surface area contributed by atoms with Crippen LogP contribution in [0, 0.1) is 6.92 Å².